The predicted molar refractivity (Wildman–Crippen MR) is 163 cm³/mol. The summed E-state index contributed by atoms with van der Waals surface area (Å²) in [5, 5.41) is 3.17. The van der Waals surface area contributed by atoms with E-state index in [0.717, 1.165) is 63.2 Å². The highest BCUT2D eigenvalue weighted by Gasteiger charge is 2.25. The van der Waals surface area contributed by atoms with Crippen molar-refractivity contribution in [2.75, 3.05) is 50.5 Å². The molecule has 0 bridgehead atoms. The third kappa shape index (κ3) is 6.69. The Labute approximate surface area is 237 Å². The minimum absolute atomic E-state index is 0.0497. The predicted octanol–water partition coefficient (Wildman–Crippen LogP) is 4.41. The number of nitrogens with one attached hydrogen (secondary N) is 2. The number of piperidine rings is 1. The number of guanidine groups is 1. The van der Waals surface area contributed by atoms with Gasteiger partial charge in [0.25, 0.3) is 5.91 Å². The summed E-state index contributed by atoms with van der Waals surface area (Å²) < 4.78 is 0. The second-order valence-corrected chi connectivity index (χ2v) is 10.7. The lowest BCUT2D eigenvalue weighted by atomic mass is 10.0. The molecule has 2 aromatic carbocycles. The molecule has 2 aliphatic heterocycles. The number of carbonyl (C=O) groups excluding carboxylic acids is 1. The normalized spacial score (nSPS) is 17.2. The average Bonchev–Trinajstić information content (AvgIpc) is 3.24. The van der Waals surface area contributed by atoms with Gasteiger partial charge < -0.3 is 25.8 Å². The van der Waals surface area contributed by atoms with Crippen LogP contribution in [0.4, 0.5) is 17.2 Å². The summed E-state index contributed by atoms with van der Waals surface area (Å²) in [7, 11) is 4.04. The van der Waals surface area contributed by atoms with Crippen molar-refractivity contribution >= 4 is 34.6 Å². The van der Waals surface area contributed by atoms with Crippen LogP contribution in [0.5, 0.6) is 0 Å². The first-order valence-corrected chi connectivity index (χ1v) is 14.1. The van der Waals surface area contributed by atoms with E-state index in [4.69, 9.17) is 5.73 Å². The molecule has 1 aromatic heterocycles. The van der Waals surface area contributed by atoms with Crippen LogP contribution in [0.1, 0.15) is 41.6 Å². The van der Waals surface area contributed by atoms with E-state index in [1.54, 1.807) is 0 Å². The number of carbonyl (C=O) groups is 1. The molecule has 2 aliphatic rings. The van der Waals surface area contributed by atoms with Crippen LogP contribution in [0, 0.1) is 0 Å². The van der Waals surface area contributed by atoms with Crippen LogP contribution in [0.3, 0.4) is 0 Å². The highest BCUT2D eigenvalue weighted by atomic mass is 16.2. The van der Waals surface area contributed by atoms with Crippen LogP contribution < -0.4 is 20.9 Å². The number of rotatable bonds is 6. The molecule has 0 unspecified atom stereocenters. The van der Waals surface area contributed by atoms with Crippen LogP contribution in [0.15, 0.2) is 84.0 Å². The van der Waals surface area contributed by atoms with E-state index >= 15 is 0 Å². The van der Waals surface area contributed by atoms with Gasteiger partial charge in [-0.3, -0.25) is 4.79 Å². The highest BCUT2D eigenvalue weighted by molar-refractivity contribution is 5.97. The number of H-pyrrole nitrogens is 1. The van der Waals surface area contributed by atoms with E-state index in [2.05, 4.69) is 74.6 Å². The number of aromatic amines is 1. The second kappa shape index (κ2) is 12.8. The van der Waals surface area contributed by atoms with Gasteiger partial charge in [0.05, 0.1) is 6.20 Å². The molecule has 8 nitrogen and oxygen atoms in total. The monoisotopic (exact) mass is 538 g/mol. The van der Waals surface area contributed by atoms with E-state index in [-0.39, 0.29) is 17.9 Å². The van der Waals surface area contributed by atoms with Gasteiger partial charge in [-0.2, -0.15) is 0 Å². The molecule has 0 radical (unpaired) electrons. The van der Waals surface area contributed by atoms with Gasteiger partial charge in [0, 0.05) is 37.4 Å². The van der Waals surface area contributed by atoms with Crippen molar-refractivity contribution in [3.63, 3.8) is 0 Å². The summed E-state index contributed by atoms with van der Waals surface area (Å²) in [6.45, 7) is 3.85. The minimum Gasteiger partial charge on any atom is -0.364 e. The van der Waals surface area contributed by atoms with E-state index in [1.807, 2.05) is 48.5 Å². The fraction of sp³-hybridized carbons (Fsp3) is 0.344. The topological polar surface area (TPSA) is 91.3 Å². The highest BCUT2D eigenvalue weighted by Crippen LogP contribution is 2.29. The smallest absolute Gasteiger partial charge is 0.348 e. The Morgan fingerprint density at radius 2 is 1.75 bits per heavy atom. The summed E-state index contributed by atoms with van der Waals surface area (Å²) in [6, 6.07) is 22.4. The largest absolute Gasteiger partial charge is 0.364 e. The van der Waals surface area contributed by atoms with E-state index in [0.29, 0.717) is 11.4 Å². The number of aliphatic imine (C=N–C) groups is 1. The van der Waals surface area contributed by atoms with Crippen molar-refractivity contribution in [3.8, 4) is 0 Å². The molecule has 8 heteroatoms. The van der Waals surface area contributed by atoms with Crippen LogP contribution in [0.2, 0.25) is 0 Å². The Hall–Kier alpha value is -4.17. The fourth-order valence-corrected chi connectivity index (χ4v) is 5.53. The molecule has 5 rings (SSSR count). The van der Waals surface area contributed by atoms with Gasteiger partial charge in [0.1, 0.15) is 5.69 Å². The molecule has 0 aliphatic carbocycles. The quantitative estimate of drug-likeness (QED) is 0.358. The van der Waals surface area contributed by atoms with Crippen LogP contribution >= 0.6 is 0 Å². The van der Waals surface area contributed by atoms with Crippen LogP contribution in [-0.4, -0.2) is 68.0 Å². The van der Waals surface area contributed by atoms with Gasteiger partial charge in [-0.1, -0.05) is 36.4 Å². The number of hydrogen-bond donors (Lipinski definition) is 2. The SMILES string of the molecule is CN1CCC(N(C)C(=O)c2ccc(N/C(N)=N/c3[nH+]cccc3N3CCC=C(c4ccccc4)CC3)cc2)CC1. The maximum absolute atomic E-state index is 13.0. The molecule has 0 saturated carbocycles. The molecular formula is C32H40N7O+. The third-order valence-electron chi connectivity index (χ3n) is 7.93. The molecule has 208 valence electrons. The van der Waals surface area contributed by atoms with Crippen molar-refractivity contribution in [1.29, 1.82) is 0 Å². The Morgan fingerprint density at radius 1 is 1.00 bits per heavy atom. The second-order valence-electron chi connectivity index (χ2n) is 10.7. The number of benzene rings is 2. The van der Waals surface area contributed by atoms with E-state index in [9.17, 15) is 4.79 Å². The number of hydrogen-bond acceptors (Lipinski definition) is 4. The lowest BCUT2D eigenvalue weighted by molar-refractivity contribution is -0.362. The summed E-state index contributed by atoms with van der Waals surface area (Å²) in [5.74, 6) is 1.04. The van der Waals surface area contributed by atoms with Gasteiger partial charge in [0.2, 0.25) is 0 Å². The molecular weight excluding hydrogens is 498 g/mol. The first-order valence-electron chi connectivity index (χ1n) is 14.1. The summed E-state index contributed by atoms with van der Waals surface area (Å²) in [4.78, 5) is 27.5. The van der Waals surface area contributed by atoms with Crippen molar-refractivity contribution < 1.29 is 9.78 Å². The van der Waals surface area contributed by atoms with Crippen LogP contribution in [0.25, 0.3) is 5.57 Å². The minimum atomic E-state index is 0.0497. The molecule has 1 amide bonds. The number of anilines is 2. The van der Waals surface area contributed by atoms with Crippen molar-refractivity contribution in [2.45, 2.75) is 31.7 Å². The molecule has 4 N–H and O–H groups in total. The van der Waals surface area contributed by atoms with E-state index in [1.165, 1.54) is 11.1 Å². The van der Waals surface area contributed by atoms with Crippen molar-refractivity contribution in [3.05, 3.63) is 90.1 Å². The molecule has 3 heterocycles. The van der Waals surface area contributed by atoms with Crippen molar-refractivity contribution in [2.24, 2.45) is 10.7 Å². The first kappa shape index (κ1) is 27.4. The van der Waals surface area contributed by atoms with Crippen LogP contribution in [-0.2, 0) is 0 Å². The Balaban J connectivity index is 1.22. The number of aromatic nitrogens is 1. The number of nitrogens with zero attached hydrogens (tertiary/aromatic N) is 4. The van der Waals surface area contributed by atoms with Gasteiger partial charge in [-0.15, -0.1) is 0 Å². The first-order chi connectivity index (χ1) is 19.5. The fourth-order valence-electron chi connectivity index (χ4n) is 5.53. The molecule has 1 saturated heterocycles. The number of amides is 1. The zero-order chi connectivity index (χ0) is 27.9. The summed E-state index contributed by atoms with van der Waals surface area (Å²) >= 11 is 0. The standard InChI is InChI=1S/C32H39N7O/c1-37-21-17-28(18-22-37)38(2)31(40)26-12-14-27(15-13-26)35-32(33)36-30-29(11-6-19-34-30)39-20-7-10-25(16-23-39)24-8-4-3-5-9-24/h3-6,8-15,19,28H,7,16-18,20-23H2,1-2H3,(H3,33,34,35,36)/p+1. The number of nitrogens with two attached hydrogens (primary N) is 1. The number of pyridine rings is 1. The molecule has 3 aromatic rings. The summed E-state index contributed by atoms with van der Waals surface area (Å²) in [5.41, 5.74) is 11.5. The molecule has 0 atom stereocenters. The van der Waals surface area contributed by atoms with Gasteiger partial charge in [-0.05, 0) is 98.3 Å². The number of likely N-dealkylation sites (tertiary alicyclic amines) is 1. The molecule has 0 spiro atoms. The lowest BCUT2D eigenvalue weighted by Gasteiger charge is -2.35. The Kier molecular flexibility index (Phi) is 8.76. The third-order valence-corrected chi connectivity index (χ3v) is 7.93. The Bertz CT molecular complexity index is 1350. The Morgan fingerprint density at radius 3 is 2.50 bits per heavy atom. The van der Waals surface area contributed by atoms with Crippen molar-refractivity contribution in [1.82, 2.24) is 9.80 Å². The average molecular weight is 539 g/mol. The summed E-state index contributed by atoms with van der Waals surface area (Å²) in [6.07, 6.45) is 8.16. The zero-order valence-electron chi connectivity index (χ0n) is 23.5. The van der Waals surface area contributed by atoms with E-state index < -0.39 is 0 Å². The van der Waals surface area contributed by atoms with Gasteiger partial charge >= 0.3 is 11.8 Å². The molecule has 40 heavy (non-hydrogen) atoms. The lowest BCUT2D eigenvalue weighted by Crippen LogP contribution is -2.44. The van der Waals surface area contributed by atoms with Gasteiger partial charge in [0.15, 0.2) is 0 Å². The van der Waals surface area contributed by atoms with Gasteiger partial charge in [-0.25, -0.2) is 4.98 Å². The molecule has 1 fully saturated rings. The maximum Gasteiger partial charge on any atom is 0.348 e. The maximum atomic E-state index is 13.0. The zero-order valence-corrected chi connectivity index (χ0v) is 23.5.